The Balaban J connectivity index is 0.00000162. The summed E-state index contributed by atoms with van der Waals surface area (Å²) in [5, 5.41) is 3.50. The molecule has 1 aliphatic rings. The molecule has 1 N–H and O–H groups in total. The quantitative estimate of drug-likeness (QED) is 0.508. The topological polar surface area (TPSA) is 32.6 Å². The molecule has 1 aromatic heterocycles. The third-order valence-corrected chi connectivity index (χ3v) is 3.46. The molecular formula is C13H23IN4. The van der Waals surface area contributed by atoms with Crippen molar-refractivity contribution in [2.75, 3.05) is 14.1 Å². The van der Waals surface area contributed by atoms with Gasteiger partial charge in [0.15, 0.2) is 5.96 Å². The molecular weight excluding hydrogens is 339 g/mol. The highest BCUT2D eigenvalue weighted by atomic mass is 127. The number of nitrogens with one attached hydrogen (secondary N) is 1. The fourth-order valence-corrected chi connectivity index (χ4v) is 2.06. The summed E-state index contributed by atoms with van der Waals surface area (Å²) in [6.45, 7) is 0.885. The van der Waals surface area contributed by atoms with Crippen LogP contribution in [0.5, 0.6) is 0 Å². The van der Waals surface area contributed by atoms with Gasteiger partial charge in [-0.1, -0.05) is 0 Å². The van der Waals surface area contributed by atoms with Gasteiger partial charge < -0.3 is 14.8 Å². The molecule has 0 bridgehead atoms. The number of nitrogens with zero attached hydrogens (tertiary/aromatic N) is 3. The molecule has 2 rings (SSSR count). The molecule has 0 unspecified atom stereocenters. The lowest BCUT2D eigenvalue weighted by atomic mass is 9.93. The van der Waals surface area contributed by atoms with E-state index in [1.165, 1.54) is 25.0 Å². The fraction of sp³-hybridized carbons (Fsp3) is 0.615. The number of halogens is 1. The van der Waals surface area contributed by atoms with E-state index in [0.717, 1.165) is 12.5 Å². The minimum Gasteiger partial charge on any atom is -0.354 e. The van der Waals surface area contributed by atoms with Gasteiger partial charge in [0, 0.05) is 39.1 Å². The molecule has 0 amide bonds. The van der Waals surface area contributed by atoms with Crippen LogP contribution in [0.4, 0.5) is 0 Å². The Hall–Kier alpha value is -0.720. The van der Waals surface area contributed by atoms with Crippen molar-refractivity contribution in [1.82, 2.24) is 14.8 Å². The molecule has 18 heavy (non-hydrogen) atoms. The van der Waals surface area contributed by atoms with E-state index in [1.54, 1.807) is 0 Å². The van der Waals surface area contributed by atoms with Gasteiger partial charge in [0.2, 0.25) is 0 Å². The van der Waals surface area contributed by atoms with Crippen LogP contribution in [-0.4, -0.2) is 35.6 Å². The zero-order valence-electron chi connectivity index (χ0n) is 11.4. The molecule has 1 aromatic rings. The van der Waals surface area contributed by atoms with Crippen molar-refractivity contribution in [3.8, 4) is 0 Å². The summed E-state index contributed by atoms with van der Waals surface area (Å²) in [5.41, 5.74) is 1.30. The lowest BCUT2D eigenvalue weighted by Crippen LogP contribution is -2.46. The molecule has 0 aromatic carbocycles. The molecule has 0 atom stereocenters. The molecule has 5 heteroatoms. The summed E-state index contributed by atoms with van der Waals surface area (Å²) in [6, 6.07) is 4.85. The van der Waals surface area contributed by atoms with Crippen molar-refractivity contribution in [2.24, 2.45) is 12.0 Å². The largest absolute Gasteiger partial charge is 0.354 e. The Kier molecular flexibility index (Phi) is 5.98. The average Bonchev–Trinajstić information content (AvgIpc) is 2.63. The van der Waals surface area contributed by atoms with Crippen LogP contribution in [0.25, 0.3) is 0 Å². The number of aromatic nitrogens is 1. The second-order valence-electron chi connectivity index (χ2n) is 4.79. The lowest BCUT2D eigenvalue weighted by Gasteiger charge is -2.31. The summed E-state index contributed by atoms with van der Waals surface area (Å²) in [7, 11) is 6.01. The van der Waals surface area contributed by atoms with Gasteiger partial charge in [0.1, 0.15) is 0 Å². The van der Waals surface area contributed by atoms with Crippen LogP contribution in [0, 0.1) is 0 Å². The standard InChI is InChI=1S/C13H22N4.HI/c1-14-13(15-11-6-4-7-11)17(3)10-12-8-5-9-16(12)2;/h5,8-9,11H,4,6-7,10H2,1-3H3,(H,14,15);1H. The molecule has 4 nitrogen and oxygen atoms in total. The van der Waals surface area contributed by atoms with Gasteiger partial charge in [0.05, 0.1) is 6.54 Å². The first-order valence-electron chi connectivity index (χ1n) is 6.25. The molecule has 1 fully saturated rings. The molecule has 0 radical (unpaired) electrons. The van der Waals surface area contributed by atoms with E-state index < -0.39 is 0 Å². The Morgan fingerprint density at radius 3 is 2.72 bits per heavy atom. The van der Waals surface area contributed by atoms with Crippen molar-refractivity contribution >= 4 is 29.9 Å². The Morgan fingerprint density at radius 2 is 2.28 bits per heavy atom. The monoisotopic (exact) mass is 362 g/mol. The second kappa shape index (κ2) is 7.01. The molecule has 102 valence electrons. The Labute approximate surface area is 126 Å². The third kappa shape index (κ3) is 3.63. The fourth-order valence-electron chi connectivity index (χ4n) is 2.06. The van der Waals surface area contributed by atoms with Crippen molar-refractivity contribution in [3.63, 3.8) is 0 Å². The summed E-state index contributed by atoms with van der Waals surface area (Å²) in [6.07, 6.45) is 5.97. The summed E-state index contributed by atoms with van der Waals surface area (Å²) >= 11 is 0. The number of guanidine groups is 1. The molecule has 1 heterocycles. The average molecular weight is 362 g/mol. The maximum atomic E-state index is 4.34. The van der Waals surface area contributed by atoms with Gasteiger partial charge in [-0.25, -0.2) is 0 Å². The van der Waals surface area contributed by atoms with Gasteiger partial charge in [0.25, 0.3) is 0 Å². The van der Waals surface area contributed by atoms with Crippen LogP contribution in [0.1, 0.15) is 25.0 Å². The normalized spacial score (nSPS) is 15.8. The van der Waals surface area contributed by atoms with Gasteiger partial charge in [-0.15, -0.1) is 24.0 Å². The highest BCUT2D eigenvalue weighted by Gasteiger charge is 2.19. The minimum atomic E-state index is 0. The third-order valence-electron chi connectivity index (χ3n) is 3.46. The van der Waals surface area contributed by atoms with Crippen molar-refractivity contribution in [2.45, 2.75) is 31.8 Å². The second-order valence-corrected chi connectivity index (χ2v) is 4.79. The van der Waals surface area contributed by atoms with Gasteiger partial charge >= 0.3 is 0 Å². The smallest absolute Gasteiger partial charge is 0.193 e. The SMILES string of the molecule is CN=C(NC1CCC1)N(C)Cc1cccn1C.I. The number of hydrogen-bond donors (Lipinski definition) is 1. The first-order chi connectivity index (χ1) is 8.20. The van der Waals surface area contributed by atoms with Gasteiger partial charge in [-0.3, -0.25) is 4.99 Å². The highest BCUT2D eigenvalue weighted by molar-refractivity contribution is 14.0. The molecule has 0 spiro atoms. The number of aliphatic imine (C=N–C) groups is 1. The van der Waals surface area contributed by atoms with Crippen LogP contribution >= 0.6 is 24.0 Å². The minimum absolute atomic E-state index is 0. The van der Waals surface area contributed by atoms with Gasteiger partial charge in [-0.05, 0) is 31.4 Å². The summed E-state index contributed by atoms with van der Waals surface area (Å²) < 4.78 is 2.15. The van der Waals surface area contributed by atoms with Crippen LogP contribution in [0.2, 0.25) is 0 Å². The number of rotatable bonds is 3. The Bertz CT molecular complexity index is 395. The predicted octanol–water partition coefficient (Wildman–Crippen LogP) is 2.20. The van der Waals surface area contributed by atoms with E-state index in [2.05, 4.69) is 52.2 Å². The van der Waals surface area contributed by atoms with E-state index >= 15 is 0 Å². The van der Waals surface area contributed by atoms with Crippen molar-refractivity contribution < 1.29 is 0 Å². The maximum absolute atomic E-state index is 4.34. The highest BCUT2D eigenvalue weighted by Crippen LogP contribution is 2.18. The predicted molar refractivity (Wildman–Crippen MR) is 86.4 cm³/mol. The summed E-state index contributed by atoms with van der Waals surface area (Å²) in [4.78, 5) is 6.52. The zero-order valence-corrected chi connectivity index (χ0v) is 13.7. The van der Waals surface area contributed by atoms with Crippen LogP contribution in [0.3, 0.4) is 0 Å². The molecule has 0 aliphatic heterocycles. The summed E-state index contributed by atoms with van der Waals surface area (Å²) in [5.74, 6) is 0.996. The van der Waals surface area contributed by atoms with Crippen molar-refractivity contribution in [3.05, 3.63) is 24.0 Å². The maximum Gasteiger partial charge on any atom is 0.193 e. The number of aryl methyl sites for hydroxylation is 1. The molecule has 1 saturated carbocycles. The molecule has 1 aliphatic carbocycles. The first-order valence-corrected chi connectivity index (χ1v) is 6.25. The Morgan fingerprint density at radius 1 is 1.56 bits per heavy atom. The first kappa shape index (κ1) is 15.3. The van der Waals surface area contributed by atoms with Gasteiger partial charge in [-0.2, -0.15) is 0 Å². The van der Waals surface area contributed by atoms with E-state index in [1.807, 2.05) is 7.05 Å². The lowest BCUT2D eigenvalue weighted by molar-refractivity contribution is 0.358. The van der Waals surface area contributed by atoms with Crippen LogP contribution in [-0.2, 0) is 13.6 Å². The number of hydrogen-bond acceptors (Lipinski definition) is 1. The van der Waals surface area contributed by atoms with E-state index in [4.69, 9.17) is 0 Å². The molecule has 0 saturated heterocycles. The van der Waals surface area contributed by atoms with Crippen molar-refractivity contribution in [1.29, 1.82) is 0 Å². The zero-order chi connectivity index (χ0) is 12.3. The van der Waals surface area contributed by atoms with Crippen LogP contribution < -0.4 is 5.32 Å². The van der Waals surface area contributed by atoms with E-state index in [-0.39, 0.29) is 24.0 Å². The van der Waals surface area contributed by atoms with E-state index in [9.17, 15) is 0 Å². The van der Waals surface area contributed by atoms with Crippen LogP contribution in [0.15, 0.2) is 23.3 Å². The van der Waals surface area contributed by atoms with E-state index in [0.29, 0.717) is 6.04 Å².